The number of fused-ring (bicyclic) bond motifs is 1. The Kier molecular flexibility index (Phi) is 2.49. The van der Waals surface area contributed by atoms with E-state index in [2.05, 4.69) is 0 Å². The van der Waals surface area contributed by atoms with Crippen molar-refractivity contribution in [1.29, 1.82) is 0 Å². The van der Waals surface area contributed by atoms with Crippen LogP contribution in [0, 0.1) is 0 Å². The van der Waals surface area contributed by atoms with Crippen LogP contribution in [-0.2, 0) is 0 Å². The molecule has 88 valence electrons. The van der Waals surface area contributed by atoms with Gasteiger partial charge in [0.2, 0.25) is 0 Å². The van der Waals surface area contributed by atoms with Gasteiger partial charge in [-0.2, -0.15) is 0 Å². The normalized spacial score (nSPS) is 10.7. The van der Waals surface area contributed by atoms with Crippen LogP contribution in [0.5, 0.6) is 0 Å². The highest BCUT2D eigenvalue weighted by atomic mass is 16.3. The van der Waals surface area contributed by atoms with E-state index in [1.165, 1.54) is 0 Å². The van der Waals surface area contributed by atoms with Crippen molar-refractivity contribution in [2.45, 2.75) is 6.92 Å². The summed E-state index contributed by atoms with van der Waals surface area (Å²) >= 11 is 0. The molecule has 0 aliphatic carbocycles. The van der Waals surface area contributed by atoms with Crippen molar-refractivity contribution < 1.29 is 9.21 Å². The Morgan fingerprint density at radius 1 is 1.00 bits per heavy atom. The van der Waals surface area contributed by atoms with Gasteiger partial charge in [0.25, 0.3) is 0 Å². The van der Waals surface area contributed by atoms with E-state index in [9.17, 15) is 4.79 Å². The molecule has 0 spiro atoms. The second-order valence-electron chi connectivity index (χ2n) is 4.25. The third-order valence-electron chi connectivity index (χ3n) is 3.00. The van der Waals surface area contributed by atoms with Crippen LogP contribution in [0.3, 0.4) is 0 Å². The summed E-state index contributed by atoms with van der Waals surface area (Å²) in [6.07, 6.45) is 0. The highest BCUT2D eigenvalue weighted by Crippen LogP contribution is 2.30. The van der Waals surface area contributed by atoms with Crippen molar-refractivity contribution in [3.8, 4) is 11.3 Å². The Bertz CT molecular complexity index is 690. The average Bonchev–Trinajstić information content (AvgIpc) is 2.82. The zero-order valence-corrected chi connectivity index (χ0v) is 10.0. The predicted molar refractivity (Wildman–Crippen MR) is 71.7 cm³/mol. The average molecular weight is 236 g/mol. The number of hydrogen-bond acceptors (Lipinski definition) is 2. The molecule has 0 fully saturated rings. The molecule has 2 nitrogen and oxygen atoms in total. The van der Waals surface area contributed by atoms with Crippen molar-refractivity contribution in [2.24, 2.45) is 0 Å². The minimum absolute atomic E-state index is 0.0473. The van der Waals surface area contributed by atoms with Gasteiger partial charge in [-0.25, -0.2) is 0 Å². The van der Waals surface area contributed by atoms with E-state index in [-0.39, 0.29) is 5.78 Å². The maximum absolute atomic E-state index is 11.6. The lowest BCUT2D eigenvalue weighted by Gasteiger charge is -2.02. The van der Waals surface area contributed by atoms with Crippen LogP contribution < -0.4 is 0 Å². The largest absolute Gasteiger partial charge is 0.456 e. The maximum atomic E-state index is 11.6. The summed E-state index contributed by atoms with van der Waals surface area (Å²) < 4.78 is 5.79. The summed E-state index contributed by atoms with van der Waals surface area (Å²) in [6.45, 7) is 1.57. The van der Waals surface area contributed by atoms with E-state index >= 15 is 0 Å². The van der Waals surface area contributed by atoms with Gasteiger partial charge in [-0.15, -0.1) is 0 Å². The molecule has 0 aliphatic heterocycles. The van der Waals surface area contributed by atoms with Crippen LogP contribution in [0.25, 0.3) is 22.3 Å². The lowest BCUT2D eigenvalue weighted by atomic mass is 10.0. The molecule has 0 amide bonds. The number of benzene rings is 2. The summed E-state index contributed by atoms with van der Waals surface area (Å²) in [6, 6.07) is 17.3. The zero-order valence-electron chi connectivity index (χ0n) is 10.0. The molecule has 1 aromatic heterocycles. The summed E-state index contributed by atoms with van der Waals surface area (Å²) in [5.41, 5.74) is 2.38. The number of rotatable bonds is 2. The second-order valence-corrected chi connectivity index (χ2v) is 4.25. The molecule has 2 aromatic carbocycles. The standard InChI is InChI=1S/C16H12O2/c1-11(17)13-7-3-4-8-14(13)16-10-12-6-2-5-9-15(12)18-16/h2-10H,1H3. The summed E-state index contributed by atoms with van der Waals surface area (Å²) in [7, 11) is 0. The van der Waals surface area contributed by atoms with Crippen LogP contribution >= 0.6 is 0 Å². The van der Waals surface area contributed by atoms with E-state index < -0.39 is 0 Å². The summed E-state index contributed by atoms with van der Waals surface area (Å²) in [5.74, 6) is 0.785. The molecule has 2 heteroatoms. The first-order valence-corrected chi connectivity index (χ1v) is 5.84. The van der Waals surface area contributed by atoms with Crippen LogP contribution in [0.15, 0.2) is 59.0 Å². The molecule has 3 rings (SSSR count). The van der Waals surface area contributed by atoms with Crippen molar-refractivity contribution >= 4 is 16.8 Å². The van der Waals surface area contributed by atoms with Crippen LogP contribution in [-0.4, -0.2) is 5.78 Å². The SMILES string of the molecule is CC(=O)c1ccccc1-c1cc2ccccc2o1. The van der Waals surface area contributed by atoms with E-state index in [4.69, 9.17) is 4.42 Å². The predicted octanol–water partition coefficient (Wildman–Crippen LogP) is 4.30. The zero-order chi connectivity index (χ0) is 12.5. The molecule has 0 atom stereocenters. The molecule has 18 heavy (non-hydrogen) atoms. The number of furan rings is 1. The monoisotopic (exact) mass is 236 g/mol. The molecule has 1 heterocycles. The molecule has 0 unspecified atom stereocenters. The minimum atomic E-state index is 0.0473. The molecular weight excluding hydrogens is 224 g/mol. The fraction of sp³-hybridized carbons (Fsp3) is 0.0625. The van der Waals surface area contributed by atoms with E-state index in [0.717, 1.165) is 22.3 Å². The highest BCUT2D eigenvalue weighted by molar-refractivity contribution is 6.01. The first-order chi connectivity index (χ1) is 8.75. The molecule has 3 aromatic rings. The lowest BCUT2D eigenvalue weighted by Crippen LogP contribution is -1.94. The third kappa shape index (κ3) is 1.72. The van der Waals surface area contributed by atoms with E-state index in [0.29, 0.717) is 5.56 Å². The maximum Gasteiger partial charge on any atom is 0.160 e. The summed E-state index contributed by atoms with van der Waals surface area (Å²) in [4.78, 5) is 11.6. The smallest absolute Gasteiger partial charge is 0.160 e. The van der Waals surface area contributed by atoms with E-state index in [1.807, 2.05) is 54.6 Å². The molecular formula is C16H12O2. The Morgan fingerprint density at radius 2 is 1.72 bits per heavy atom. The van der Waals surface area contributed by atoms with Gasteiger partial charge in [-0.1, -0.05) is 42.5 Å². The topological polar surface area (TPSA) is 30.2 Å². The molecule has 0 bridgehead atoms. The molecule has 0 saturated heterocycles. The number of hydrogen-bond donors (Lipinski definition) is 0. The lowest BCUT2D eigenvalue weighted by molar-refractivity contribution is 0.101. The highest BCUT2D eigenvalue weighted by Gasteiger charge is 2.12. The fourth-order valence-corrected chi connectivity index (χ4v) is 2.12. The number of Topliss-reactive ketones (excluding diaryl/α,β-unsaturated/α-hetero) is 1. The Morgan fingerprint density at radius 3 is 2.50 bits per heavy atom. The van der Waals surface area contributed by atoms with E-state index in [1.54, 1.807) is 6.92 Å². The Balaban J connectivity index is 2.23. The van der Waals surface area contributed by atoms with Crippen molar-refractivity contribution in [3.63, 3.8) is 0 Å². The van der Waals surface area contributed by atoms with Crippen molar-refractivity contribution in [1.82, 2.24) is 0 Å². The van der Waals surface area contributed by atoms with Gasteiger partial charge in [0.15, 0.2) is 5.78 Å². The first kappa shape index (κ1) is 10.8. The fourth-order valence-electron chi connectivity index (χ4n) is 2.12. The Hall–Kier alpha value is -2.35. The van der Waals surface area contributed by atoms with Gasteiger partial charge < -0.3 is 4.42 Å². The molecule has 0 radical (unpaired) electrons. The second kappa shape index (κ2) is 4.15. The van der Waals surface area contributed by atoms with Gasteiger partial charge in [0.05, 0.1) is 0 Å². The number of ketones is 1. The number of carbonyl (C=O) groups is 1. The van der Waals surface area contributed by atoms with Gasteiger partial charge >= 0.3 is 0 Å². The quantitative estimate of drug-likeness (QED) is 0.621. The van der Waals surface area contributed by atoms with Gasteiger partial charge in [0, 0.05) is 16.5 Å². The number of carbonyl (C=O) groups excluding carboxylic acids is 1. The van der Waals surface area contributed by atoms with Crippen LogP contribution in [0.1, 0.15) is 17.3 Å². The molecule has 0 saturated carbocycles. The van der Waals surface area contributed by atoms with Crippen molar-refractivity contribution in [2.75, 3.05) is 0 Å². The molecule has 0 aliphatic rings. The van der Waals surface area contributed by atoms with Gasteiger partial charge in [-0.05, 0) is 19.1 Å². The Labute approximate surface area is 105 Å². The molecule has 0 N–H and O–H groups in total. The number of para-hydroxylation sites is 1. The minimum Gasteiger partial charge on any atom is -0.456 e. The first-order valence-electron chi connectivity index (χ1n) is 5.84. The van der Waals surface area contributed by atoms with Crippen LogP contribution in [0.2, 0.25) is 0 Å². The summed E-state index contributed by atoms with van der Waals surface area (Å²) in [5, 5.41) is 1.05. The third-order valence-corrected chi connectivity index (χ3v) is 3.00. The van der Waals surface area contributed by atoms with Crippen molar-refractivity contribution in [3.05, 3.63) is 60.2 Å². The van der Waals surface area contributed by atoms with Crippen LogP contribution in [0.4, 0.5) is 0 Å². The van der Waals surface area contributed by atoms with Gasteiger partial charge in [0.1, 0.15) is 11.3 Å². The van der Waals surface area contributed by atoms with Gasteiger partial charge in [-0.3, -0.25) is 4.79 Å².